The predicted octanol–water partition coefficient (Wildman–Crippen LogP) is 3.50. The highest BCUT2D eigenvalue weighted by Crippen LogP contribution is 2.31. The number of ether oxygens (including phenoxy) is 1. The average Bonchev–Trinajstić information content (AvgIpc) is 3.14. The van der Waals surface area contributed by atoms with Crippen LogP contribution >= 0.6 is 11.3 Å². The van der Waals surface area contributed by atoms with Crippen molar-refractivity contribution < 1.29 is 14.3 Å². The summed E-state index contributed by atoms with van der Waals surface area (Å²) >= 11 is 1.71. The average molecular weight is 380 g/mol. The molecule has 0 atom stereocenters. The fraction of sp³-hybridized carbons (Fsp3) is 0.737. The lowest BCUT2D eigenvalue weighted by molar-refractivity contribution is -0.138. The van der Waals surface area contributed by atoms with Crippen molar-refractivity contribution in [3.8, 4) is 0 Å². The summed E-state index contributed by atoms with van der Waals surface area (Å²) in [5.74, 6) is 0.782. The molecule has 1 aromatic heterocycles. The van der Waals surface area contributed by atoms with E-state index in [1.54, 1.807) is 16.2 Å². The molecule has 0 saturated carbocycles. The molecule has 0 N–H and O–H groups in total. The molecule has 1 aromatic rings. The topological polar surface area (TPSA) is 62.7 Å². The van der Waals surface area contributed by atoms with E-state index in [1.165, 1.54) is 5.01 Å². The number of carbonyl (C=O) groups is 2. The lowest BCUT2D eigenvalue weighted by Crippen LogP contribution is -2.47. The molecule has 3 heterocycles. The van der Waals surface area contributed by atoms with Gasteiger partial charge in [0.25, 0.3) is 0 Å². The van der Waals surface area contributed by atoms with Gasteiger partial charge in [-0.15, -0.1) is 11.3 Å². The Hall–Kier alpha value is -1.63. The summed E-state index contributed by atoms with van der Waals surface area (Å²) in [5.41, 5.74) is -0.481. The lowest BCUT2D eigenvalue weighted by Gasteiger charge is -2.37. The maximum atomic E-state index is 12.8. The second-order valence-corrected chi connectivity index (χ2v) is 9.14. The van der Waals surface area contributed by atoms with Crippen LogP contribution < -0.4 is 0 Å². The van der Waals surface area contributed by atoms with Gasteiger partial charge < -0.3 is 14.5 Å². The number of likely N-dealkylation sites (tertiary alicyclic amines) is 2. The quantitative estimate of drug-likeness (QED) is 0.789. The Morgan fingerprint density at radius 2 is 1.69 bits per heavy atom. The lowest BCUT2D eigenvalue weighted by atomic mass is 9.92. The van der Waals surface area contributed by atoms with Crippen molar-refractivity contribution in [2.24, 2.45) is 5.92 Å². The van der Waals surface area contributed by atoms with Gasteiger partial charge in [-0.1, -0.05) is 0 Å². The monoisotopic (exact) mass is 379 g/mol. The van der Waals surface area contributed by atoms with E-state index in [-0.39, 0.29) is 17.9 Å². The number of nitrogens with zero attached hydrogens (tertiary/aromatic N) is 3. The van der Waals surface area contributed by atoms with E-state index in [2.05, 4.69) is 4.98 Å². The van der Waals surface area contributed by atoms with Gasteiger partial charge in [0.1, 0.15) is 5.60 Å². The molecule has 0 unspecified atom stereocenters. The van der Waals surface area contributed by atoms with Crippen molar-refractivity contribution in [1.82, 2.24) is 14.8 Å². The summed E-state index contributed by atoms with van der Waals surface area (Å²) in [6.45, 7) is 8.44. The van der Waals surface area contributed by atoms with Crippen molar-refractivity contribution in [2.45, 2.75) is 58.0 Å². The molecule has 0 aliphatic carbocycles. The van der Waals surface area contributed by atoms with Gasteiger partial charge >= 0.3 is 6.09 Å². The molecule has 6 nitrogen and oxygen atoms in total. The molecule has 3 rings (SSSR count). The van der Waals surface area contributed by atoms with Gasteiger partial charge in [0.05, 0.1) is 5.01 Å². The first-order valence-corrected chi connectivity index (χ1v) is 10.4. The molecule has 7 heteroatoms. The smallest absolute Gasteiger partial charge is 0.410 e. The minimum atomic E-state index is -0.481. The van der Waals surface area contributed by atoms with Crippen LogP contribution in [0.1, 0.15) is 57.4 Å². The first-order chi connectivity index (χ1) is 12.3. The van der Waals surface area contributed by atoms with E-state index in [4.69, 9.17) is 4.74 Å². The van der Waals surface area contributed by atoms with Crippen LogP contribution in [-0.4, -0.2) is 58.6 Å². The number of piperidine rings is 2. The Morgan fingerprint density at radius 3 is 2.23 bits per heavy atom. The van der Waals surface area contributed by atoms with Crippen LogP contribution in [0.2, 0.25) is 0 Å². The standard InChI is InChI=1S/C19H29N3O3S/c1-19(2,3)25-18(24)22-11-6-15(7-12-22)17(23)21-9-4-14(5-10-21)16-20-8-13-26-16/h8,13-15H,4-7,9-12H2,1-3H3. The predicted molar refractivity (Wildman–Crippen MR) is 101 cm³/mol. The van der Waals surface area contributed by atoms with E-state index in [9.17, 15) is 9.59 Å². The first kappa shape index (κ1) is 19.1. The third kappa shape index (κ3) is 4.75. The number of rotatable bonds is 2. The Balaban J connectivity index is 1.45. The van der Waals surface area contributed by atoms with Crippen LogP contribution in [0.15, 0.2) is 11.6 Å². The SMILES string of the molecule is CC(C)(C)OC(=O)N1CCC(C(=O)N2CCC(c3nccs3)CC2)CC1. The maximum absolute atomic E-state index is 12.8. The third-order valence-corrected chi connectivity index (χ3v) is 6.04. The first-order valence-electron chi connectivity index (χ1n) is 9.49. The van der Waals surface area contributed by atoms with Crippen LogP contribution in [0.5, 0.6) is 0 Å². The second kappa shape index (κ2) is 7.94. The summed E-state index contributed by atoms with van der Waals surface area (Å²) in [5, 5.41) is 3.22. The molecule has 144 valence electrons. The van der Waals surface area contributed by atoms with Crippen LogP contribution in [0.4, 0.5) is 4.79 Å². The normalized spacial score (nSPS) is 20.3. The zero-order valence-electron chi connectivity index (χ0n) is 15.9. The molecule has 0 radical (unpaired) electrons. The Morgan fingerprint density at radius 1 is 1.08 bits per heavy atom. The molecule has 0 spiro atoms. The van der Waals surface area contributed by atoms with E-state index in [0.717, 1.165) is 38.8 Å². The fourth-order valence-electron chi connectivity index (χ4n) is 3.68. The molecule has 2 aliphatic rings. The number of thiazole rings is 1. The van der Waals surface area contributed by atoms with Crippen molar-refractivity contribution in [3.63, 3.8) is 0 Å². The molecule has 26 heavy (non-hydrogen) atoms. The highest BCUT2D eigenvalue weighted by atomic mass is 32.1. The number of aromatic nitrogens is 1. The van der Waals surface area contributed by atoms with Crippen molar-refractivity contribution in [3.05, 3.63) is 16.6 Å². The Bertz CT molecular complexity index is 610. The van der Waals surface area contributed by atoms with Gasteiger partial charge in [-0.2, -0.15) is 0 Å². The number of amides is 2. The Kier molecular flexibility index (Phi) is 5.85. The van der Waals surface area contributed by atoms with E-state index < -0.39 is 5.60 Å². The van der Waals surface area contributed by atoms with Crippen LogP contribution in [0, 0.1) is 5.92 Å². The number of hydrogen-bond donors (Lipinski definition) is 0. The fourth-order valence-corrected chi connectivity index (χ4v) is 4.49. The van der Waals surface area contributed by atoms with Crippen molar-refractivity contribution in [2.75, 3.05) is 26.2 Å². The molecule has 2 saturated heterocycles. The maximum Gasteiger partial charge on any atom is 0.410 e. The summed E-state index contributed by atoms with van der Waals surface area (Å²) in [6.07, 6.45) is 5.03. The van der Waals surface area contributed by atoms with Gasteiger partial charge in [0, 0.05) is 49.6 Å². The molecular formula is C19H29N3O3S. The van der Waals surface area contributed by atoms with Crippen LogP contribution in [0.25, 0.3) is 0 Å². The minimum absolute atomic E-state index is 0.0325. The van der Waals surface area contributed by atoms with Crippen LogP contribution in [-0.2, 0) is 9.53 Å². The van der Waals surface area contributed by atoms with Gasteiger partial charge in [-0.25, -0.2) is 9.78 Å². The summed E-state index contributed by atoms with van der Waals surface area (Å²) in [7, 11) is 0. The largest absolute Gasteiger partial charge is 0.444 e. The van der Waals surface area contributed by atoms with Gasteiger partial charge in [0.15, 0.2) is 0 Å². The van der Waals surface area contributed by atoms with Crippen molar-refractivity contribution >= 4 is 23.3 Å². The number of hydrogen-bond acceptors (Lipinski definition) is 5. The zero-order chi connectivity index (χ0) is 18.7. The zero-order valence-corrected chi connectivity index (χ0v) is 16.8. The number of carbonyl (C=O) groups excluding carboxylic acids is 2. The van der Waals surface area contributed by atoms with Gasteiger partial charge in [0.2, 0.25) is 5.91 Å². The van der Waals surface area contributed by atoms with Gasteiger partial charge in [-0.05, 0) is 46.5 Å². The summed E-state index contributed by atoms with van der Waals surface area (Å²) < 4.78 is 5.42. The Labute approximate surface area is 159 Å². The summed E-state index contributed by atoms with van der Waals surface area (Å²) in [6, 6.07) is 0. The second-order valence-electron chi connectivity index (χ2n) is 8.21. The molecule has 2 fully saturated rings. The highest BCUT2D eigenvalue weighted by Gasteiger charge is 2.33. The van der Waals surface area contributed by atoms with Gasteiger partial charge in [-0.3, -0.25) is 4.79 Å². The minimum Gasteiger partial charge on any atom is -0.444 e. The highest BCUT2D eigenvalue weighted by molar-refractivity contribution is 7.09. The molecule has 0 bridgehead atoms. The third-order valence-electron chi connectivity index (χ3n) is 5.10. The van der Waals surface area contributed by atoms with E-state index in [0.29, 0.717) is 19.0 Å². The molecular weight excluding hydrogens is 350 g/mol. The van der Waals surface area contributed by atoms with E-state index >= 15 is 0 Å². The van der Waals surface area contributed by atoms with E-state index in [1.807, 2.05) is 37.2 Å². The van der Waals surface area contributed by atoms with Crippen molar-refractivity contribution in [1.29, 1.82) is 0 Å². The van der Waals surface area contributed by atoms with Crippen LogP contribution in [0.3, 0.4) is 0 Å². The summed E-state index contributed by atoms with van der Waals surface area (Å²) in [4.78, 5) is 33.1. The molecule has 2 amide bonds. The molecule has 2 aliphatic heterocycles. The molecule has 0 aromatic carbocycles.